The molecule has 0 bridgehead atoms. The normalized spacial score (nSPS) is 12.4. The highest BCUT2D eigenvalue weighted by Gasteiger charge is 2.24. The molecule has 1 heterocycles. The van der Waals surface area contributed by atoms with E-state index in [-0.39, 0.29) is 46.5 Å². The van der Waals surface area contributed by atoms with Crippen molar-refractivity contribution in [2.24, 2.45) is 0 Å². The summed E-state index contributed by atoms with van der Waals surface area (Å²) in [6.07, 6.45) is 2.05. The van der Waals surface area contributed by atoms with Crippen LogP contribution in [0.2, 0.25) is 5.15 Å². The Bertz CT molecular complexity index is 520. The monoisotopic (exact) mass is 442 g/mol. The number of carbonyl (C=O) groups excluding carboxylic acids is 1. The molecule has 9 heteroatoms. The van der Waals surface area contributed by atoms with Crippen LogP contribution in [0.3, 0.4) is 0 Å². The number of nitrogens with one attached hydrogen (secondary N) is 1. The van der Waals surface area contributed by atoms with E-state index in [1.165, 1.54) is 0 Å². The third-order valence-electron chi connectivity index (χ3n) is 3.34. The van der Waals surface area contributed by atoms with Crippen molar-refractivity contribution >= 4 is 29.1 Å². The van der Waals surface area contributed by atoms with Gasteiger partial charge >= 0.3 is 0 Å². The average Bonchev–Trinajstić information content (AvgIpc) is 2.37. The number of nitrogen functional groups attached to an aromatic ring is 2. The molecule has 0 saturated carbocycles. The molecule has 0 aliphatic heterocycles. The van der Waals surface area contributed by atoms with Gasteiger partial charge in [0.15, 0.2) is 22.5 Å². The zero-order chi connectivity index (χ0) is 16.2. The smallest absolute Gasteiger partial charge is 0.274 e. The molecule has 5 N–H and O–H groups in total. The first-order valence-electron chi connectivity index (χ1n) is 6.84. The molecule has 1 aromatic heterocycles. The fourth-order valence-corrected chi connectivity index (χ4v) is 2.13. The van der Waals surface area contributed by atoms with Crippen molar-refractivity contribution in [3.05, 3.63) is 10.8 Å². The van der Waals surface area contributed by atoms with Gasteiger partial charge < -0.3 is 45.2 Å². The SMILES string of the molecule is CCC[C@@H](CNC(=O)c1nc(Cl)c(N)nc1N)[N+](C)(C)C.[I-]. The Morgan fingerprint density at radius 1 is 1.27 bits per heavy atom. The number of anilines is 2. The summed E-state index contributed by atoms with van der Waals surface area (Å²) in [6.45, 7) is 2.65. The maximum atomic E-state index is 12.2. The predicted molar refractivity (Wildman–Crippen MR) is 84.9 cm³/mol. The summed E-state index contributed by atoms with van der Waals surface area (Å²) in [5.41, 5.74) is 11.2. The Labute approximate surface area is 153 Å². The van der Waals surface area contributed by atoms with Crippen LogP contribution in [0.25, 0.3) is 0 Å². The number of nitrogens with zero attached hydrogens (tertiary/aromatic N) is 3. The summed E-state index contributed by atoms with van der Waals surface area (Å²) in [5, 5.41) is 2.82. The first-order valence-corrected chi connectivity index (χ1v) is 7.22. The number of rotatable bonds is 6. The van der Waals surface area contributed by atoms with Gasteiger partial charge in [0.1, 0.15) is 6.04 Å². The number of carbonyl (C=O) groups is 1. The Kier molecular flexibility index (Phi) is 8.34. The molecule has 1 aromatic rings. The predicted octanol–water partition coefficient (Wildman–Crippen LogP) is -2.10. The Hall–Kier alpha value is -0.870. The van der Waals surface area contributed by atoms with Crippen molar-refractivity contribution in [1.82, 2.24) is 15.3 Å². The van der Waals surface area contributed by atoms with Gasteiger partial charge in [-0.2, -0.15) is 0 Å². The minimum Gasteiger partial charge on any atom is -1.00 e. The van der Waals surface area contributed by atoms with Gasteiger partial charge in [0.25, 0.3) is 5.91 Å². The van der Waals surface area contributed by atoms with E-state index in [0.717, 1.165) is 17.3 Å². The molecule has 0 unspecified atom stereocenters. The molecule has 7 nitrogen and oxygen atoms in total. The third-order valence-corrected chi connectivity index (χ3v) is 3.61. The minimum absolute atomic E-state index is 0. The lowest BCUT2D eigenvalue weighted by molar-refractivity contribution is -0.895. The molecule has 0 aliphatic carbocycles. The first kappa shape index (κ1) is 21.1. The summed E-state index contributed by atoms with van der Waals surface area (Å²) >= 11 is 5.78. The third kappa shape index (κ3) is 5.73. The summed E-state index contributed by atoms with van der Waals surface area (Å²) in [6, 6.07) is 0.303. The molecule has 0 aromatic carbocycles. The first-order chi connectivity index (χ1) is 9.66. The molecule has 0 aliphatic rings. The van der Waals surface area contributed by atoms with Gasteiger partial charge in [-0.1, -0.05) is 24.9 Å². The molecule has 0 spiro atoms. The highest BCUT2D eigenvalue weighted by atomic mass is 127. The van der Waals surface area contributed by atoms with Crippen LogP contribution in [0.5, 0.6) is 0 Å². The summed E-state index contributed by atoms with van der Waals surface area (Å²) in [7, 11) is 6.29. The zero-order valence-electron chi connectivity index (χ0n) is 13.4. The second kappa shape index (κ2) is 8.68. The number of hydrogen-bond acceptors (Lipinski definition) is 5. The van der Waals surface area contributed by atoms with Crippen LogP contribution in [0.4, 0.5) is 11.6 Å². The van der Waals surface area contributed by atoms with E-state index in [1.807, 2.05) is 0 Å². The fraction of sp³-hybridized carbons (Fsp3) is 0.615. The molecular weight excluding hydrogens is 419 g/mol. The molecule has 1 rings (SSSR count). The second-order valence-electron chi connectivity index (χ2n) is 5.90. The van der Waals surface area contributed by atoms with Crippen molar-refractivity contribution in [3.8, 4) is 0 Å². The number of likely N-dealkylation sites (N-methyl/N-ethyl adjacent to an activating group) is 1. The number of aromatic nitrogens is 2. The molecule has 126 valence electrons. The van der Waals surface area contributed by atoms with Crippen LogP contribution in [0, 0.1) is 0 Å². The maximum Gasteiger partial charge on any atom is 0.274 e. The van der Waals surface area contributed by atoms with E-state index in [9.17, 15) is 4.79 Å². The van der Waals surface area contributed by atoms with Gasteiger partial charge in [-0.3, -0.25) is 4.79 Å². The molecule has 0 saturated heterocycles. The van der Waals surface area contributed by atoms with Gasteiger partial charge in [-0.15, -0.1) is 0 Å². The number of hydrogen-bond donors (Lipinski definition) is 3. The van der Waals surface area contributed by atoms with E-state index < -0.39 is 5.91 Å². The molecule has 0 radical (unpaired) electrons. The van der Waals surface area contributed by atoms with Crippen LogP contribution < -0.4 is 40.8 Å². The second-order valence-corrected chi connectivity index (χ2v) is 6.26. The van der Waals surface area contributed by atoms with Crippen LogP contribution >= 0.6 is 11.6 Å². The Balaban J connectivity index is 0.00000441. The number of quaternary nitrogens is 1. The van der Waals surface area contributed by atoms with E-state index in [4.69, 9.17) is 23.1 Å². The van der Waals surface area contributed by atoms with Crippen LogP contribution in [0.15, 0.2) is 0 Å². The summed E-state index contributed by atoms with van der Waals surface area (Å²) < 4.78 is 0.762. The largest absolute Gasteiger partial charge is 1.00 e. The minimum atomic E-state index is -0.392. The molecule has 0 fully saturated rings. The molecule has 22 heavy (non-hydrogen) atoms. The van der Waals surface area contributed by atoms with Crippen molar-refractivity contribution in [2.45, 2.75) is 25.8 Å². The van der Waals surface area contributed by atoms with E-state index in [1.54, 1.807) is 0 Å². The topological polar surface area (TPSA) is 107 Å². The molecular formula is C13H24ClIN6O. The molecule has 1 amide bonds. The van der Waals surface area contributed by atoms with Crippen LogP contribution in [-0.2, 0) is 0 Å². The lowest BCUT2D eigenvalue weighted by atomic mass is 10.1. The quantitative estimate of drug-likeness (QED) is 0.346. The van der Waals surface area contributed by atoms with Gasteiger partial charge in [-0.05, 0) is 0 Å². The van der Waals surface area contributed by atoms with Crippen molar-refractivity contribution in [2.75, 3.05) is 39.2 Å². The van der Waals surface area contributed by atoms with Crippen molar-refractivity contribution in [1.29, 1.82) is 0 Å². The fourth-order valence-electron chi connectivity index (χ4n) is 2.00. The lowest BCUT2D eigenvalue weighted by Crippen LogP contribution is -3.00. The maximum absolute atomic E-state index is 12.2. The van der Waals surface area contributed by atoms with Crippen molar-refractivity contribution in [3.63, 3.8) is 0 Å². The summed E-state index contributed by atoms with van der Waals surface area (Å²) in [5.74, 6) is -0.399. The van der Waals surface area contributed by atoms with Crippen LogP contribution in [-0.4, -0.2) is 54.1 Å². The van der Waals surface area contributed by atoms with Crippen LogP contribution in [0.1, 0.15) is 30.3 Å². The average molecular weight is 443 g/mol. The van der Waals surface area contributed by atoms with Gasteiger partial charge in [0, 0.05) is 6.42 Å². The Morgan fingerprint density at radius 3 is 2.36 bits per heavy atom. The van der Waals surface area contributed by atoms with E-state index >= 15 is 0 Å². The van der Waals surface area contributed by atoms with E-state index in [2.05, 4.69) is 43.4 Å². The van der Waals surface area contributed by atoms with Crippen molar-refractivity contribution < 1.29 is 33.3 Å². The zero-order valence-corrected chi connectivity index (χ0v) is 16.3. The standard InChI is InChI=1S/C13H23ClN6O.HI/c1-5-6-8(20(2,3)4)7-17-13(21)9-11(15)19-12(16)10(14)18-9;/h8H,5-7H2,1-4H3,(H4-,15,16,17,19,21);1H/t8-;/m0./s1. The van der Waals surface area contributed by atoms with Gasteiger partial charge in [0.05, 0.1) is 27.7 Å². The van der Waals surface area contributed by atoms with Gasteiger partial charge in [0.2, 0.25) is 0 Å². The molecule has 1 atom stereocenters. The number of halogens is 2. The highest BCUT2D eigenvalue weighted by Crippen LogP contribution is 2.17. The Morgan fingerprint density at radius 2 is 1.86 bits per heavy atom. The number of nitrogens with two attached hydrogens (primary N) is 2. The van der Waals surface area contributed by atoms with Gasteiger partial charge in [-0.25, -0.2) is 9.97 Å². The lowest BCUT2D eigenvalue weighted by Gasteiger charge is -2.34. The van der Waals surface area contributed by atoms with E-state index in [0.29, 0.717) is 12.6 Å². The summed E-state index contributed by atoms with van der Waals surface area (Å²) in [4.78, 5) is 19.9. The highest BCUT2D eigenvalue weighted by molar-refractivity contribution is 6.31. The number of amides is 1.